The Morgan fingerprint density at radius 2 is 1.89 bits per heavy atom. The Bertz CT molecular complexity index is 506. The highest BCUT2D eigenvalue weighted by Crippen LogP contribution is 2.26. The van der Waals surface area contributed by atoms with Crippen molar-refractivity contribution < 1.29 is 0 Å². The topological polar surface area (TPSA) is 38.9 Å². The summed E-state index contributed by atoms with van der Waals surface area (Å²) in [4.78, 5) is 4.28. The minimum absolute atomic E-state index is 0.582. The number of hydrogen-bond acceptors (Lipinski definition) is 3. The molecule has 0 bridgehead atoms. The van der Waals surface area contributed by atoms with E-state index in [0.717, 1.165) is 16.5 Å². The predicted octanol–water partition coefficient (Wildman–Crippen LogP) is 4.08. The van der Waals surface area contributed by atoms with Gasteiger partial charge in [-0.1, -0.05) is 49.9 Å². The van der Waals surface area contributed by atoms with Crippen LogP contribution in [0.15, 0.2) is 47.6 Å². The molecule has 3 heteroatoms. The number of nitrogens with zero attached hydrogens (tertiary/aromatic N) is 1. The Hall–Kier alpha value is -1.48. The largest absolute Gasteiger partial charge is 0.397 e. The Morgan fingerprint density at radius 1 is 1.17 bits per heavy atom. The normalized spacial score (nSPS) is 10.8. The van der Waals surface area contributed by atoms with E-state index in [1.54, 1.807) is 18.0 Å². The second-order valence-corrected chi connectivity index (χ2v) is 5.55. The van der Waals surface area contributed by atoms with E-state index in [4.69, 9.17) is 5.73 Å². The minimum atomic E-state index is 0.582. The number of thioether (sulfide) groups is 1. The summed E-state index contributed by atoms with van der Waals surface area (Å²) in [5.41, 5.74) is 9.29. The van der Waals surface area contributed by atoms with Crippen molar-refractivity contribution in [3.63, 3.8) is 0 Å². The van der Waals surface area contributed by atoms with Gasteiger partial charge in [0.05, 0.1) is 5.69 Å². The van der Waals surface area contributed by atoms with Crippen LogP contribution in [-0.4, -0.2) is 4.98 Å². The summed E-state index contributed by atoms with van der Waals surface area (Å²) in [6, 6.07) is 12.5. The molecule has 1 aromatic carbocycles. The van der Waals surface area contributed by atoms with Gasteiger partial charge in [-0.2, -0.15) is 0 Å². The third-order valence-electron chi connectivity index (χ3n) is 2.82. The highest BCUT2D eigenvalue weighted by atomic mass is 32.2. The van der Waals surface area contributed by atoms with E-state index in [2.05, 4.69) is 43.1 Å². The maximum Gasteiger partial charge on any atom is 0.119 e. The van der Waals surface area contributed by atoms with Crippen LogP contribution in [0.25, 0.3) is 0 Å². The number of benzene rings is 1. The van der Waals surface area contributed by atoms with Crippen molar-refractivity contribution in [1.82, 2.24) is 4.98 Å². The summed E-state index contributed by atoms with van der Waals surface area (Å²) < 4.78 is 0. The van der Waals surface area contributed by atoms with E-state index >= 15 is 0 Å². The van der Waals surface area contributed by atoms with Crippen molar-refractivity contribution in [3.8, 4) is 0 Å². The van der Waals surface area contributed by atoms with E-state index in [-0.39, 0.29) is 0 Å². The Kier molecular flexibility index (Phi) is 4.26. The molecular formula is C15H18N2S. The van der Waals surface area contributed by atoms with Crippen LogP contribution in [0.4, 0.5) is 5.69 Å². The average molecular weight is 258 g/mol. The third kappa shape index (κ3) is 3.26. The lowest BCUT2D eigenvalue weighted by molar-refractivity contribution is 0.866. The minimum Gasteiger partial charge on any atom is -0.397 e. The number of nitrogens with two attached hydrogens (primary N) is 1. The zero-order chi connectivity index (χ0) is 13.0. The van der Waals surface area contributed by atoms with Gasteiger partial charge in [-0.25, -0.2) is 4.98 Å². The molecule has 0 aliphatic rings. The second kappa shape index (κ2) is 5.91. The molecule has 0 amide bonds. The van der Waals surface area contributed by atoms with E-state index in [1.807, 2.05) is 12.1 Å². The van der Waals surface area contributed by atoms with Crippen molar-refractivity contribution in [2.75, 3.05) is 5.73 Å². The van der Waals surface area contributed by atoms with Crippen LogP contribution in [0.3, 0.4) is 0 Å². The first-order valence-corrected chi connectivity index (χ1v) is 7.07. The molecule has 0 unspecified atom stereocenters. The molecule has 1 aromatic heterocycles. The first-order valence-electron chi connectivity index (χ1n) is 6.09. The molecule has 94 valence electrons. The van der Waals surface area contributed by atoms with Crippen molar-refractivity contribution in [2.24, 2.45) is 0 Å². The van der Waals surface area contributed by atoms with Crippen molar-refractivity contribution >= 4 is 17.4 Å². The molecule has 1 heterocycles. The Balaban J connectivity index is 2.00. The quantitative estimate of drug-likeness (QED) is 0.840. The van der Waals surface area contributed by atoms with Crippen molar-refractivity contribution in [2.45, 2.75) is 30.5 Å². The molecule has 2 nitrogen and oxygen atoms in total. The maximum atomic E-state index is 5.87. The number of nitrogen functional groups attached to an aromatic ring is 1. The van der Waals surface area contributed by atoms with Gasteiger partial charge in [-0.15, -0.1) is 0 Å². The van der Waals surface area contributed by atoms with Crippen LogP contribution in [0, 0.1) is 0 Å². The number of rotatable bonds is 4. The summed E-state index contributed by atoms with van der Waals surface area (Å²) in [7, 11) is 0. The summed E-state index contributed by atoms with van der Waals surface area (Å²) in [5, 5.41) is 0.908. The van der Waals surface area contributed by atoms with Crippen molar-refractivity contribution in [3.05, 3.63) is 53.7 Å². The van der Waals surface area contributed by atoms with Gasteiger partial charge in [-0.3, -0.25) is 0 Å². The van der Waals surface area contributed by atoms with Crippen LogP contribution < -0.4 is 5.73 Å². The molecule has 0 aliphatic heterocycles. The summed E-state index contributed by atoms with van der Waals surface area (Å²) in [6.45, 7) is 4.41. The first kappa shape index (κ1) is 13.0. The predicted molar refractivity (Wildman–Crippen MR) is 78.7 cm³/mol. The Labute approximate surface area is 113 Å². The highest BCUT2D eigenvalue weighted by Gasteiger charge is 2.02. The van der Waals surface area contributed by atoms with Crippen LogP contribution in [-0.2, 0) is 5.75 Å². The number of hydrogen-bond donors (Lipinski definition) is 1. The molecule has 0 saturated heterocycles. The lowest BCUT2D eigenvalue weighted by Crippen LogP contribution is -1.92. The number of aromatic nitrogens is 1. The van der Waals surface area contributed by atoms with E-state index in [0.29, 0.717) is 5.92 Å². The maximum absolute atomic E-state index is 5.87. The molecule has 0 aliphatic carbocycles. The molecule has 2 rings (SSSR count). The van der Waals surface area contributed by atoms with Gasteiger partial charge in [0.25, 0.3) is 0 Å². The summed E-state index contributed by atoms with van der Waals surface area (Å²) >= 11 is 1.68. The molecular weight excluding hydrogens is 240 g/mol. The molecule has 0 fully saturated rings. The molecule has 2 N–H and O–H groups in total. The smallest absolute Gasteiger partial charge is 0.119 e. The van der Waals surface area contributed by atoms with Crippen LogP contribution in [0.1, 0.15) is 30.9 Å². The molecule has 0 atom stereocenters. The lowest BCUT2D eigenvalue weighted by atomic mass is 10.0. The van der Waals surface area contributed by atoms with Gasteiger partial charge >= 0.3 is 0 Å². The van der Waals surface area contributed by atoms with Gasteiger partial charge in [0, 0.05) is 11.9 Å². The standard InChI is InChI=1S/C15H18N2S/c1-11(2)13-7-5-12(6-8-13)10-18-15-14(16)4-3-9-17-15/h3-9,11H,10,16H2,1-2H3. The second-order valence-electron chi connectivity index (χ2n) is 4.58. The van der Waals surface area contributed by atoms with Gasteiger partial charge in [0.15, 0.2) is 0 Å². The molecule has 0 saturated carbocycles. The first-order chi connectivity index (χ1) is 8.66. The van der Waals surface area contributed by atoms with E-state index in [9.17, 15) is 0 Å². The summed E-state index contributed by atoms with van der Waals surface area (Å²) in [6.07, 6.45) is 1.78. The SMILES string of the molecule is CC(C)c1ccc(CSc2ncccc2N)cc1. The van der Waals surface area contributed by atoms with Gasteiger partial charge in [-0.05, 0) is 29.2 Å². The van der Waals surface area contributed by atoms with Crippen LogP contribution in [0.5, 0.6) is 0 Å². The molecule has 0 spiro atoms. The van der Waals surface area contributed by atoms with Gasteiger partial charge in [0.1, 0.15) is 5.03 Å². The monoisotopic (exact) mass is 258 g/mol. The Morgan fingerprint density at radius 3 is 2.50 bits per heavy atom. The van der Waals surface area contributed by atoms with E-state index in [1.165, 1.54) is 11.1 Å². The fourth-order valence-corrected chi connectivity index (χ4v) is 2.54. The fourth-order valence-electron chi connectivity index (χ4n) is 1.67. The zero-order valence-electron chi connectivity index (χ0n) is 10.8. The molecule has 18 heavy (non-hydrogen) atoms. The van der Waals surface area contributed by atoms with Crippen LogP contribution in [0.2, 0.25) is 0 Å². The van der Waals surface area contributed by atoms with Gasteiger partial charge in [0.2, 0.25) is 0 Å². The lowest BCUT2D eigenvalue weighted by Gasteiger charge is -2.07. The summed E-state index contributed by atoms with van der Waals surface area (Å²) in [5.74, 6) is 1.48. The third-order valence-corrected chi connectivity index (χ3v) is 3.91. The van der Waals surface area contributed by atoms with Crippen LogP contribution >= 0.6 is 11.8 Å². The zero-order valence-corrected chi connectivity index (χ0v) is 11.6. The fraction of sp³-hybridized carbons (Fsp3) is 0.267. The average Bonchev–Trinajstić information content (AvgIpc) is 2.38. The highest BCUT2D eigenvalue weighted by molar-refractivity contribution is 7.98. The number of anilines is 1. The molecule has 2 aromatic rings. The van der Waals surface area contributed by atoms with Gasteiger partial charge < -0.3 is 5.73 Å². The van der Waals surface area contributed by atoms with E-state index < -0.39 is 0 Å². The number of pyridine rings is 1. The molecule has 0 radical (unpaired) electrons. The van der Waals surface area contributed by atoms with Crippen molar-refractivity contribution in [1.29, 1.82) is 0 Å².